The Morgan fingerprint density at radius 2 is 2.09 bits per heavy atom. The fourth-order valence-electron chi connectivity index (χ4n) is 4.42. The van der Waals surface area contributed by atoms with Crippen LogP contribution in [0.25, 0.3) is 16.5 Å². The average Bonchev–Trinajstić information content (AvgIpc) is 3.09. The molecule has 0 radical (unpaired) electrons. The second-order valence-corrected chi connectivity index (χ2v) is 8.94. The molecule has 0 atom stereocenters. The van der Waals surface area contributed by atoms with Crippen molar-refractivity contribution < 1.29 is 9.53 Å². The molecule has 0 aliphatic heterocycles. The third kappa shape index (κ3) is 4.38. The first-order chi connectivity index (χ1) is 15.5. The summed E-state index contributed by atoms with van der Waals surface area (Å²) in [5, 5.41) is 17.0. The number of carbonyl (C=O) groups is 1. The molecule has 6 heteroatoms. The minimum absolute atomic E-state index is 0.119. The smallest absolute Gasteiger partial charge is 0.319 e. The Balaban J connectivity index is 1.66. The van der Waals surface area contributed by atoms with Crippen LogP contribution in [0.15, 0.2) is 36.0 Å². The highest BCUT2D eigenvalue weighted by Gasteiger charge is 2.24. The summed E-state index contributed by atoms with van der Waals surface area (Å²) in [5.74, 6) is 0.830. The molecule has 0 unspecified atom stereocenters. The molecule has 2 amide bonds. The first kappa shape index (κ1) is 22.0. The second kappa shape index (κ2) is 9.52. The fraction of sp³-hybridized carbons (Fsp3) is 0.462. The number of urea groups is 1. The fourth-order valence-corrected chi connectivity index (χ4v) is 4.42. The van der Waals surface area contributed by atoms with E-state index in [4.69, 9.17) is 4.74 Å². The van der Waals surface area contributed by atoms with Gasteiger partial charge in [0.1, 0.15) is 11.8 Å². The Morgan fingerprint density at radius 1 is 1.28 bits per heavy atom. The molecule has 0 saturated heterocycles. The van der Waals surface area contributed by atoms with Crippen LogP contribution in [0, 0.1) is 11.3 Å². The van der Waals surface area contributed by atoms with Crippen molar-refractivity contribution in [2.45, 2.75) is 71.4 Å². The van der Waals surface area contributed by atoms with Crippen LogP contribution in [-0.2, 0) is 0 Å². The van der Waals surface area contributed by atoms with Gasteiger partial charge in [0.15, 0.2) is 0 Å². The number of fused-ring (bicyclic) bond motifs is 1. The highest BCUT2D eigenvalue weighted by molar-refractivity contribution is 5.94. The summed E-state index contributed by atoms with van der Waals surface area (Å²) in [6.07, 6.45) is 9.80. The number of benzene rings is 1. The van der Waals surface area contributed by atoms with E-state index in [9.17, 15) is 10.1 Å². The van der Waals surface area contributed by atoms with Crippen molar-refractivity contribution in [3.63, 3.8) is 0 Å². The van der Waals surface area contributed by atoms with Crippen LogP contribution < -0.4 is 15.4 Å². The predicted octanol–water partition coefficient (Wildman–Crippen LogP) is 5.80. The van der Waals surface area contributed by atoms with E-state index in [1.54, 1.807) is 0 Å². The molecule has 1 heterocycles. The number of nitrogens with zero attached hydrogens (tertiary/aromatic N) is 2. The van der Waals surface area contributed by atoms with Gasteiger partial charge in [-0.2, -0.15) is 5.26 Å². The molecule has 2 aliphatic rings. The lowest BCUT2D eigenvalue weighted by molar-refractivity contribution is 0.230. The van der Waals surface area contributed by atoms with Gasteiger partial charge in [0.25, 0.3) is 0 Å². The first-order valence-electron chi connectivity index (χ1n) is 11.7. The van der Waals surface area contributed by atoms with Gasteiger partial charge in [0, 0.05) is 29.2 Å². The molecule has 1 fully saturated rings. The number of aromatic nitrogens is 1. The quantitative estimate of drug-likeness (QED) is 0.581. The maximum absolute atomic E-state index is 12.2. The van der Waals surface area contributed by atoms with Crippen molar-refractivity contribution in [3.8, 4) is 11.8 Å². The van der Waals surface area contributed by atoms with E-state index in [1.807, 2.05) is 30.4 Å². The lowest BCUT2D eigenvalue weighted by Gasteiger charge is -2.27. The molecule has 168 valence electrons. The number of carbonyl (C=O) groups excluding carboxylic acids is 1. The molecule has 2 N–H and O–H groups in total. The molecule has 32 heavy (non-hydrogen) atoms. The van der Waals surface area contributed by atoms with Crippen LogP contribution >= 0.6 is 0 Å². The zero-order chi connectivity index (χ0) is 22.7. The Kier molecular flexibility index (Phi) is 6.55. The number of ether oxygens (including phenoxy) is 1. The number of amides is 2. The summed E-state index contributed by atoms with van der Waals surface area (Å²) < 4.78 is 8.09. The molecule has 2 aromatic rings. The van der Waals surface area contributed by atoms with Gasteiger partial charge in [0.05, 0.1) is 23.4 Å². The van der Waals surface area contributed by atoms with Crippen LogP contribution in [0.3, 0.4) is 0 Å². The van der Waals surface area contributed by atoms with Crippen molar-refractivity contribution >= 4 is 22.5 Å². The summed E-state index contributed by atoms with van der Waals surface area (Å²) in [6, 6.07) is 8.83. The van der Waals surface area contributed by atoms with Crippen LogP contribution in [0.1, 0.15) is 76.6 Å². The first-order valence-corrected chi connectivity index (χ1v) is 11.7. The molecule has 1 aromatic carbocycles. The normalized spacial score (nSPS) is 16.2. The number of nitrogens with one attached hydrogen (secondary N) is 2. The van der Waals surface area contributed by atoms with Crippen LogP contribution in [-0.4, -0.2) is 23.2 Å². The zero-order valence-corrected chi connectivity index (χ0v) is 19.2. The number of hydrogen-bond donors (Lipinski definition) is 2. The third-order valence-electron chi connectivity index (χ3n) is 6.24. The van der Waals surface area contributed by atoms with Gasteiger partial charge in [-0.3, -0.25) is 0 Å². The third-order valence-corrected chi connectivity index (χ3v) is 6.24. The Labute approximate surface area is 189 Å². The highest BCUT2D eigenvalue weighted by Crippen LogP contribution is 2.38. The van der Waals surface area contributed by atoms with Gasteiger partial charge in [-0.25, -0.2) is 4.79 Å². The molecular weight excluding hydrogens is 400 g/mol. The lowest BCUT2D eigenvalue weighted by Crippen LogP contribution is -2.44. The molecule has 0 bridgehead atoms. The van der Waals surface area contributed by atoms with Crippen molar-refractivity contribution in [1.82, 2.24) is 15.2 Å². The molecule has 1 saturated carbocycles. The lowest BCUT2D eigenvalue weighted by atomic mass is 9.93. The van der Waals surface area contributed by atoms with Crippen molar-refractivity contribution in [2.75, 3.05) is 6.61 Å². The molecule has 0 spiro atoms. The molecule has 1 aromatic heterocycles. The largest absolute Gasteiger partial charge is 0.494 e. The van der Waals surface area contributed by atoms with E-state index in [0.29, 0.717) is 18.2 Å². The van der Waals surface area contributed by atoms with E-state index in [2.05, 4.69) is 42.0 Å². The maximum atomic E-state index is 12.2. The SMILES string of the molecule is CCCOc1ccc2c(C#N)c(C3=CC=C(NC(=O)NC4CCC4)CC3)n(C(C)C)c2c1. The summed E-state index contributed by atoms with van der Waals surface area (Å²) in [6.45, 7) is 7.04. The van der Waals surface area contributed by atoms with E-state index >= 15 is 0 Å². The van der Waals surface area contributed by atoms with Crippen LogP contribution in [0.2, 0.25) is 0 Å². The Hall–Kier alpha value is -3.20. The monoisotopic (exact) mass is 432 g/mol. The maximum Gasteiger partial charge on any atom is 0.319 e. The van der Waals surface area contributed by atoms with Crippen molar-refractivity contribution in [1.29, 1.82) is 5.26 Å². The summed E-state index contributed by atoms with van der Waals surface area (Å²) in [5.41, 5.74) is 4.72. The van der Waals surface area contributed by atoms with Crippen LogP contribution in [0.5, 0.6) is 5.75 Å². The van der Waals surface area contributed by atoms with Gasteiger partial charge in [0.2, 0.25) is 0 Å². The second-order valence-electron chi connectivity index (χ2n) is 8.94. The van der Waals surface area contributed by atoms with E-state index < -0.39 is 0 Å². The van der Waals surface area contributed by atoms with Gasteiger partial charge in [-0.15, -0.1) is 0 Å². The van der Waals surface area contributed by atoms with E-state index in [-0.39, 0.29) is 12.1 Å². The molecular formula is C26H32N4O2. The van der Waals surface area contributed by atoms with E-state index in [0.717, 1.165) is 65.7 Å². The van der Waals surface area contributed by atoms with Gasteiger partial charge >= 0.3 is 6.03 Å². The zero-order valence-electron chi connectivity index (χ0n) is 19.2. The van der Waals surface area contributed by atoms with Crippen LogP contribution in [0.4, 0.5) is 4.79 Å². The predicted molar refractivity (Wildman–Crippen MR) is 127 cm³/mol. The van der Waals surface area contributed by atoms with Crippen molar-refractivity contribution in [3.05, 3.63) is 47.3 Å². The number of rotatable bonds is 7. The minimum Gasteiger partial charge on any atom is -0.494 e. The number of nitriles is 1. The Morgan fingerprint density at radius 3 is 2.69 bits per heavy atom. The van der Waals surface area contributed by atoms with Gasteiger partial charge in [-0.1, -0.05) is 13.0 Å². The summed E-state index contributed by atoms with van der Waals surface area (Å²) in [4.78, 5) is 12.2. The minimum atomic E-state index is -0.119. The topological polar surface area (TPSA) is 79.1 Å². The molecule has 2 aliphatic carbocycles. The summed E-state index contributed by atoms with van der Waals surface area (Å²) >= 11 is 0. The number of allylic oxidation sites excluding steroid dienone is 4. The average molecular weight is 433 g/mol. The van der Waals surface area contributed by atoms with Crippen molar-refractivity contribution in [2.24, 2.45) is 0 Å². The Bertz CT molecular complexity index is 1110. The van der Waals surface area contributed by atoms with Gasteiger partial charge in [-0.05, 0) is 76.2 Å². The number of hydrogen-bond acceptors (Lipinski definition) is 3. The molecule has 4 rings (SSSR count). The van der Waals surface area contributed by atoms with Gasteiger partial charge < -0.3 is 19.9 Å². The van der Waals surface area contributed by atoms with E-state index in [1.165, 1.54) is 6.42 Å². The highest BCUT2D eigenvalue weighted by atomic mass is 16.5. The standard InChI is InChI=1S/C26H32N4O2/c1-4-14-32-21-12-13-22-23(16-27)25(30(17(2)3)24(22)15-21)18-8-10-20(11-9-18)29-26(31)28-19-6-5-7-19/h8,10,12-13,15,17,19H,4-7,9,11,14H2,1-3H3,(H2,28,29,31). The summed E-state index contributed by atoms with van der Waals surface area (Å²) in [7, 11) is 0. The molecule has 6 nitrogen and oxygen atoms in total.